The lowest BCUT2D eigenvalue weighted by atomic mass is 10.1. The van der Waals surface area contributed by atoms with E-state index in [4.69, 9.17) is 23.2 Å². The van der Waals surface area contributed by atoms with Gasteiger partial charge < -0.3 is 15.5 Å². The first kappa shape index (κ1) is 25.5. The Balaban J connectivity index is 1.65. The highest BCUT2D eigenvalue weighted by Crippen LogP contribution is 2.21. The number of carbonyl (C=O) groups is 2. The molecule has 3 aromatic rings. The second-order valence-corrected chi connectivity index (χ2v) is 9.89. The number of aliphatic carboxylic acids is 1. The Bertz CT molecular complexity index is 1300. The molecule has 0 fully saturated rings. The summed E-state index contributed by atoms with van der Waals surface area (Å²) in [5, 5.41) is 22.1. The summed E-state index contributed by atoms with van der Waals surface area (Å²) in [5.41, 5.74) is 1.42. The number of halogens is 2. The molecule has 1 atom stereocenters. The largest absolute Gasteiger partial charge is 0.508 e. The Hall–Kier alpha value is -3.11. The number of hydrogen-bond acceptors (Lipinski definition) is 5. The van der Waals surface area contributed by atoms with Crippen molar-refractivity contribution >= 4 is 45.1 Å². The van der Waals surface area contributed by atoms with Crippen LogP contribution in [0, 0.1) is 0 Å². The fourth-order valence-corrected chi connectivity index (χ4v) is 4.72. The molecule has 0 radical (unpaired) electrons. The average molecular weight is 523 g/mol. The molecular formula is C23H20Cl2N2O6S. The van der Waals surface area contributed by atoms with Gasteiger partial charge in [0.25, 0.3) is 5.91 Å². The van der Waals surface area contributed by atoms with E-state index in [-0.39, 0.29) is 34.2 Å². The first-order valence-electron chi connectivity index (χ1n) is 9.90. The monoisotopic (exact) mass is 522 g/mol. The number of sulfonamides is 1. The van der Waals surface area contributed by atoms with Gasteiger partial charge in [0.1, 0.15) is 11.8 Å². The zero-order chi connectivity index (χ0) is 24.9. The SMILES string of the molecule is O=C(NCc1ccc(S(=O)(=O)N[C@@H](Cc2ccc(O)cc2)C(=O)O)cc1)c1ccc(Cl)cc1Cl. The lowest BCUT2D eigenvalue weighted by Gasteiger charge is -2.15. The molecule has 11 heteroatoms. The van der Waals surface area contributed by atoms with Crippen LogP contribution in [0.15, 0.2) is 71.6 Å². The van der Waals surface area contributed by atoms with Crippen LogP contribution in [-0.2, 0) is 27.8 Å². The quantitative estimate of drug-likeness (QED) is 0.339. The van der Waals surface area contributed by atoms with Crippen LogP contribution in [0.1, 0.15) is 21.5 Å². The number of carbonyl (C=O) groups excluding carboxylic acids is 1. The highest BCUT2D eigenvalue weighted by atomic mass is 35.5. The van der Waals surface area contributed by atoms with Crippen molar-refractivity contribution in [3.05, 3.63) is 93.5 Å². The van der Waals surface area contributed by atoms with Gasteiger partial charge in [-0.2, -0.15) is 4.72 Å². The highest BCUT2D eigenvalue weighted by molar-refractivity contribution is 7.89. The molecule has 1 amide bonds. The van der Waals surface area contributed by atoms with E-state index in [1.54, 1.807) is 6.07 Å². The van der Waals surface area contributed by atoms with Crippen molar-refractivity contribution in [2.75, 3.05) is 0 Å². The second kappa shape index (κ2) is 10.9. The normalized spacial score (nSPS) is 12.2. The zero-order valence-electron chi connectivity index (χ0n) is 17.5. The molecule has 3 rings (SSSR count). The molecule has 0 heterocycles. The van der Waals surface area contributed by atoms with E-state index in [0.717, 1.165) is 0 Å². The molecule has 178 valence electrons. The Labute approximate surface area is 206 Å². The van der Waals surface area contributed by atoms with Crippen LogP contribution in [0.2, 0.25) is 10.0 Å². The molecule has 0 unspecified atom stereocenters. The number of benzene rings is 3. The molecule has 0 saturated carbocycles. The van der Waals surface area contributed by atoms with Gasteiger partial charge in [-0.3, -0.25) is 9.59 Å². The maximum Gasteiger partial charge on any atom is 0.322 e. The molecule has 34 heavy (non-hydrogen) atoms. The van der Waals surface area contributed by atoms with Crippen LogP contribution in [0.3, 0.4) is 0 Å². The summed E-state index contributed by atoms with van der Waals surface area (Å²) >= 11 is 11.9. The van der Waals surface area contributed by atoms with Crippen molar-refractivity contribution in [3.63, 3.8) is 0 Å². The Kier molecular flexibility index (Phi) is 8.16. The first-order chi connectivity index (χ1) is 16.0. The number of aromatic hydroxyl groups is 1. The second-order valence-electron chi connectivity index (χ2n) is 7.33. The van der Waals surface area contributed by atoms with Crippen LogP contribution in [0.5, 0.6) is 5.75 Å². The van der Waals surface area contributed by atoms with Crippen molar-refractivity contribution in [3.8, 4) is 5.75 Å². The smallest absolute Gasteiger partial charge is 0.322 e. The molecule has 0 aliphatic rings. The fourth-order valence-electron chi connectivity index (χ4n) is 3.04. The van der Waals surface area contributed by atoms with E-state index in [9.17, 15) is 28.2 Å². The van der Waals surface area contributed by atoms with Crippen molar-refractivity contribution < 1.29 is 28.2 Å². The molecule has 0 aromatic heterocycles. The van der Waals surface area contributed by atoms with Gasteiger partial charge in [0.15, 0.2) is 0 Å². The van der Waals surface area contributed by atoms with E-state index in [2.05, 4.69) is 10.0 Å². The Morgan fingerprint density at radius 1 is 0.912 bits per heavy atom. The van der Waals surface area contributed by atoms with Gasteiger partial charge in [-0.05, 0) is 60.0 Å². The third-order valence-electron chi connectivity index (χ3n) is 4.83. The summed E-state index contributed by atoms with van der Waals surface area (Å²) in [7, 11) is -4.13. The number of hydrogen-bond donors (Lipinski definition) is 4. The van der Waals surface area contributed by atoms with Crippen LogP contribution in [0.25, 0.3) is 0 Å². The zero-order valence-corrected chi connectivity index (χ0v) is 19.9. The highest BCUT2D eigenvalue weighted by Gasteiger charge is 2.25. The predicted octanol–water partition coefficient (Wildman–Crippen LogP) is 3.60. The summed E-state index contributed by atoms with van der Waals surface area (Å²) in [6.45, 7) is 0.115. The van der Waals surface area contributed by atoms with Gasteiger partial charge in [-0.15, -0.1) is 0 Å². The number of phenols is 1. The summed E-state index contributed by atoms with van der Waals surface area (Å²) in [6, 6.07) is 14.6. The van der Waals surface area contributed by atoms with Gasteiger partial charge >= 0.3 is 5.97 Å². The predicted molar refractivity (Wildman–Crippen MR) is 128 cm³/mol. The molecule has 8 nitrogen and oxygen atoms in total. The molecule has 4 N–H and O–H groups in total. The van der Waals surface area contributed by atoms with Gasteiger partial charge in [-0.1, -0.05) is 47.5 Å². The topological polar surface area (TPSA) is 133 Å². The first-order valence-corrected chi connectivity index (χ1v) is 12.1. The molecule has 0 spiro atoms. The Morgan fingerprint density at radius 3 is 2.12 bits per heavy atom. The third kappa shape index (κ3) is 6.71. The number of phenolic OH excluding ortho intramolecular Hbond substituents is 1. The van der Waals surface area contributed by atoms with Crippen LogP contribution < -0.4 is 10.0 Å². The van der Waals surface area contributed by atoms with E-state index >= 15 is 0 Å². The number of rotatable bonds is 9. The molecule has 0 bridgehead atoms. The number of carboxylic acids is 1. The van der Waals surface area contributed by atoms with Crippen LogP contribution in [-0.4, -0.2) is 36.5 Å². The molecular weight excluding hydrogens is 503 g/mol. The third-order valence-corrected chi connectivity index (χ3v) is 6.87. The summed E-state index contributed by atoms with van der Waals surface area (Å²) in [4.78, 5) is 23.8. The standard InChI is InChI=1S/C23H20Cl2N2O6S/c24-16-5-10-19(20(25)12-16)22(29)26-13-15-3-8-18(9-4-15)34(32,33)27-21(23(30)31)11-14-1-6-17(28)7-2-14/h1-10,12,21,27-28H,11,13H2,(H,26,29)(H,30,31)/t21-/m0/s1. The fraction of sp³-hybridized carbons (Fsp3) is 0.130. The number of carboxylic acid groups (broad SMARTS) is 1. The molecule has 0 saturated heterocycles. The van der Waals surface area contributed by atoms with Crippen LogP contribution in [0.4, 0.5) is 0 Å². The lowest BCUT2D eigenvalue weighted by Crippen LogP contribution is -2.42. The van der Waals surface area contributed by atoms with Crippen molar-refractivity contribution in [2.24, 2.45) is 0 Å². The number of amides is 1. The maximum atomic E-state index is 12.7. The summed E-state index contributed by atoms with van der Waals surface area (Å²) < 4.78 is 27.6. The maximum absolute atomic E-state index is 12.7. The average Bonchev–Trinajstić information content (AvgIpc) is 2.78. The van der Waals surface area contributed by atoms with Gasteiger partial charge in [-0.25, -0.2) is 8.42 Å². The van der Waals surface area contributed by atoms with Gasteiger partial charge in [0.2, 0.25) is 10.0 Å². The van der Waals surface area contributed by atoms with E-state index < -0.39 is 27.9 Å². The molecule has 3 aromatic carbocycles. The lowest BCUT2D eigenvalue weighted by molar-refractivity contribution is -0.138. The van der Waals surface area contributed by atoms with Crippen molar-refractivity contribution in [1.29, 1.82) is 0 Å². The minimum absolute atomic E-state index is 0.0174. The van der Waals surface area contributed by atoms with E-state index in [1.807, 2.05) is 0 Å². The summed E-state index contributed by atoms with van der Waals surface area (Å²) in [6.07, 6.45) is -0.105. The summed E-state index contributed by atoms with van der Waals surface area (Å²) in [5.74, 6) is -1.74. The van der Waals surface area contributed by atoms with Gasteiger partial charge in [0.05, 0.1) is 15.5 Å². The minimum atomic E-state index is -4.13. The van der Waals surface area contributed by atoms with Crippen molar-refractivity contribution in [1.82, 2.24) is 10.0 Å². The molecule has 0 aliphatic carbocycles. The van der Waals surface area contributed by atoms with Crippen LogP contribution >= 0.6 is 23.2 Å². The Morgan fingerprint density at radius 2 is 1.53 bits per heavy atom. The number of nitrogens with one attached hydrogen (secondary N) is 2. The minimum Gasteiger partial charge on any atom is -0.508 e. The van der Waals surface area contributed by atoms with E-state index in [0.29, 0.717) is 16.1 Å². The van der Waals surface area contributed by atoms with E-state index in [1.165, 1.54) is 60.7 Å². The molecule has 0 aliphatic heterocycles. The van der Waals surface area contributed by atoms with Gasteiger partial charge in [0, 0.05) is 11.6 Å². The van der Waals surface area contributed by atoms with Crippen molar-refractivity contribution in [2.45, 2.75) is 23.9 Å².